The third-order valence-corrected chi connectivity index (χ3v) is 4.58. The van der Waals surface area contributed by atoms with Crippen LogP contribution in [0.2, 0.25) is 0 Å². The van der Waals surface area contributed by atoms with Crippen LogP contribution in [0.15, 0.2) is 59.0 Å². The third-order valence-electron chi connectivity index (χ3n) is 3.63. The second-order valence-electron chi connectivity index (χ2n) is 5.71. The molecule has 3 aromatic heterocycles. The number of nitrogens with zero attached hydrogens (tertiary/aromatic N) is 7. The Balaban J connectivity index is 1.85. The smallest absolute Gasteiger partial charge is 0.215 e. The van der Waals surface area contributed by atoms with Crippen molar-refractivity contribution in [2.24, 2.45) is 0 Å². The number of para-hydroxylation sites is 1. The average molecular weight is 349 g/mol. The number of fused-ring (bicyclic) bond motifs is 1. The maximum absolute atomic E-state index is 4.75. The number of benzene rings is 1. The van der Waals surface area contributed by atoms with Crippen molar-refractivity contribution in [1.29, 1.82) is 0 Å². The number of hydrogen-bond donors (Lipinski definition) is 0. The summed E-state index contributed by atoms with van der Waals surface area (Å²) in [6, 6.07) is 11.9. The van der Waals surface area contributed by atoms with Crippen LogP contribution in [0.25, 0.3) is 22.3 Å². The molecule has 0 radical (unpaired) electrons. The van der Waals surface area contributed by atoms with Crippen molar-refractivity contribution >= 4 is 22.7 Å². The quantitative estimate of drug-likeness (QED) is 0.522. The topological polar surface area (TPSA) is 82.3 Å². The van der Waals surface area contributed by atoms with Crippen molar-refractivity contribution in [3.8, 4) is 11.4 Å². The first-order valence-corrected chi connectivity index (χ1v) is 8.67. The summed E-state index contributed by atoms with van der Waals surface area (Å²) in [5.41, 5.74) is 1.75. The third kappa shape index (κ3) is 3.08. The Morgan fingerprint density at radius 2 is 1.92 bits per heavy atom. The van der Waals surface area contributed by atoms with Gasteiger partial charge in [-0.05, 0) is 54.2 Å². The highest BCUT2D eigenvalue weighted by Gasteiger charge is 2.16. The van der Waals surface area contributed by atoms with Crippen LogP contribution in [0.4, 0.5) is 0 Å². The molecule has 4 aromatic rings. The monoisotopic (exact) mass is 349 g/mol. The Hall–Kier alpha value is -2.87. The standard InChI is InChI=1S/C17H15N7S/c1-11(2)24-17(21-22-23-24)25-16-13-7-3-4-8-14(13)19-15(20-16)12-6-5-9-18-10-12/h3-11H,1-2H3. The highest BCUT2D eigenvalue weighted by molar-refractivity contribution is 7.99. The average Bonchev–Trinajstić information content (AvgIpc) is 3.11. The van der Waals surface area contributed by atoms with Gasteiger partial charge in [0.05, 0.1) is 11.6 Å². The van der Waals surface area contributed by atoms with Crippen molar-refractivity contribution in [2.75, 3.05) is 0 Å². The Kier molecular flexibility index (Phi) is 4.10. The second kappa shape index (κ2) is 6.56. The summed E-state index contributed by atoms with van der Waals surface area (Å²) in [6.07, 6.45) is 3.49. The minimum atomic E-state index is 0.170. The summed E-state index contributed by atoms with van der Waals surface area (Å²) in [6.45, 7) is 4.08. The molecule has 0 amide bonds. The molecule has 1 aromatic carbocycles. The molecule has 4 rings (SSSR count). The maximum atomic E-state index is 4.75. The van der Waals surface area contributed by atoms with Crippen LogP contribution in [0.3, 0.4) is 0 Å². The fourth-order valence-electron chi connectivity index (χ4n) is 2.41. The highest BCUT2D eigenvalue weighted by atomic mass is 32.2. The van der Waals surface area contributed by atoms with Crippen LogP contribution >= 0.6 is 11.8 Å². The van der Waals surface area contributed by atoms with Gasteiger partial charge >= 0.3 is 0 Å². The summed E-state index contributed by atoms with van der Waals surface area (Å²) >= 11 is 1.44. The zero-order valence-corrected chi connectivity index (χ0v) is 14.6. The molecule has 0 aliphatic rings. The Morgan fingerprint density at radius 3 is 2.72 bits per heavy atom. The van der Waals surface area contributed by atoms with E-state index in [9.17, 15) is 0 Å². The SMILES string of the molecule is CC(C)n1nnnc1Sc1nc(-c2cccnc2)nc2ccccc12. The van der Waals surface area contributed by atoms with E-state index < -0.39 is 0 Å². The molecule has 0 spiro atoms. The Bertz CT molecular complexity index is 1010. The van der Waals surface area contributed by atoms with Gasteiger partial charge < -0.3 is 0 Å². The van der Waals surface area contributed by atoms with Gasteiger partial charge in [0.2, 0.25) is 5.16 Å². The second-order valence-corrected chi connectivity index (χ2v) is 6.67. The van der Waals surface area contributed by atoms with Gasteiger partial charge in [-0.2, -0.15) is 0 Å². The molecule has 7 nitrogen and oxygen atoms in total. The predicted molar refractivity (Wildman–Crippen MR) is 95.1 cm³/mol. The number of aromatic nitrogens is 7. The zero-order valence-electron chi connectivity index (χ0n) is 13.7. The summed E-state index contributed by atoms with van der Waals surface area (Å²) in [4.78, 5) is 13.6. The van der Waals surface area contributed by atoms with E-state index >= 15 is 0 Å². The van der Waals surface area contributed by atoms with Gasteiger partial charge in [0.1, 0.15) is 5.03 Å². The fourth-order valence-corrected chi connectivity index (χ4v) is 3.42. The van der Waals surface area contributed by atoms with Crippen molar-refractivity contribution in [3.05, 3.63) is 48.8 Å². The lowest BCUT2D eigenvalue weighted by Gasteiger charge is -2.10. The van der Waals surface area contributed by atoms with Crippen LogP contribution in [-0.2, 0) is 0 Å². The van der Waals surface area contributed by atoms with Crippen molar-refractivity contribution in [1.82, 2.24) is 35.2 Å². The van der Waals surface area contributed by atoms with Crippen LogP contribution in [0.1, 0.15) is 19.9 Å². The molecule has 25 heavy (non-hydrogen) atoms. The number of tetrazole rings is 1. The lowest BCUT2D eigenvalue weighted by Crippen LogP contribution is -2.05. The lowest BCUT2D eigenvalue weighted by molar-refractivity contribution is 0.477. The molecule has 0 fully saturated rings. The Labute approximate surface area is 148 Å². The van der Waals surface area contributed by atoms with Crippen LogP contribution in [0, 0.1) is 0 Å². The van der Waals surface area contributed by atoms with Gasteiger partial charge in [-0.25, -0.2) is 14.6 Å². The van der Waals surface area contributed by atoms with Gasteiger partial charge in [-0.15, -0.1) is 5.10 Å². The molecule has 0 atom stereocenters. The van der Waals surface area contributed by atoms with E-state index in [1.165, 1.54) is 11.8 Å². The zero-order chi connectivity index (χ0) is 17.2. The molecule has 3 heterocycles. The lowest BCUT2D eigenvalue weighted by atomic mass is 10.2. The predicted octanol–water partition coefficient (Wildman–Crippen LogP) is 3.41. The van der Waals surface area contributed by atoms with E-state index in [4.69, 9.17) is 4.98 Å². The first-order chi connectivity index (χ1) is 12.2. The largest absolute Gasteiger partial charge is 0.264 e. The number of pyridine rings is 1. The van der Waals surface area contributed by atoms with Crippen LogP contribution < -0.4 is 0 Å². The van der Waals surface area contributed by atoms with E-state index in [-0.39, 0.29) is 6.04 Å². The van der Waals surface area contributed by atoms with Crippen molar-refractivity contribution in [2.45, 2.75) is 30.1 Å². The molecular formula is C17H15N7S. The summed E-state index contributed by atoms with van der Waals surface area (Å²) < 4.78 is 1.78. The van der Waals surface area contributed by atoms with Gasteiger partial charge in [0, 0.05) is 23.3 Å². The molecule has 0 bridgehead atoms. The molecule has 124 valence electrons. The molecule has 0 saturated carbocycles. The number of hydrogen-bond acceptors (Lipinski definition) is 7. The highest BCUT2D eigenvalue weighted by Crippen LogP contribution is 2.32. The Morgan fingerprint density at radius 1 is 1.04 bits per heavy atom. The van der Waals surface area contributed by atoms with Gasteiger partial charge in [0.15, 0.2) is 5.82 Å². The molecule has 8 heteroatoms. The minimum Gasteiger partial charge on any atom is -0.264 e. The molecule has 0 saturated heterocycles. The minimum absolute atomic E-state index is 0.170. The van der Waals surface area contributed by atoms with Crippen molar-refractivity contribution in [3.63, 3.8) is 0 Å². The van der Waals surface area contributed by atoms with Crippen molar-refractivity contribution < 1.29 is 0 Å². The normalized spacial score (nSPS) is 11.3. The van der Waals surface area contributed by atoms with Crippen LogP contribution in [0.5, 0.6) is 0 Å². The van der Waals surface area contributed by atoms with Gasteiger partial charge in [0.25, 0.3) is 0 Å². The van der Waals surface area contributed by atoms with E-state index in [2.05, 4.69) is 25.5 Å². The molecule has 0 aliphatic heterocycles. The summed E-state index contributed by atoms with van der Waals surface area (Å²) in [5.74, 6) is 0.637. The van der Waals surface area contributed by atoms with Gasteiger partial charge in [-0.1, -0.05) is 18.2 Å². The van der Waals surface area contributed by atoms with E-state index in [1.54, 1.807) is 17.1 Å². The maximum Gasteiger partial charge on any atom is 0.215 e. The van der Waals surface area contributed by atoms with E-state index in [0.717, 1.165) is 21.5 Å². The summed E-state index contributed by atoms with van der Waals surface area (Å²) in [7, 11) is 0. The fraction of sp³-hybridized carbons (Fsp3) is 0.176. The molecule has 0 aliphatic carbocycles. The molecule has 0 unspecified atom stereocenters. The van der Waals surface area contributed by atoms with Gasteiger partial charge in [-0.3, -0.25) is 4.98 Å². The number of rotatable bonds is 4. The van der Waals surface area contributed by atoms with Crippen LogP contribution in [-0.4, -0.2) is 35.2 Å². The molecular weight excluding hydrogens is 334 g/mol. The van der Waals surface area contributed by atoms with E-state index in [1.807, 2.05) is 50.2 Å². The van der Waals surface area contributed by atoms with E-state index in [0.29, 0.717) is 11.0 Å². The first kappa shape index (κ1) is 15.6. The molecule has 0 N–H and O–H groups in total. The first-order valence-electron chi connectivity index (χ1n) is 7.85. The summed E-state index contributed by atoms with van der Waals surface area (Å²) in [5, 5.41) is 14.5.